The second-order valence-electron chi connectivity index (χ2n) is 4.79. The first-order chi connectivity index (χ1) is 9.45. The third-order valence-corrected chi connectivity index (χ3v) is 3.82. The van der Waals surface area contributed by atoms with Crippen LogP contribution in [0.4, 0.5) is 8.78 Å². The Bertz CT molecular complexity index is 519. The summed E-state index contributed by atoms with van der Waals surface area (Å²) in [7, 11) is 0. The predicted molar refractivity (Wildman–Crippen MR) is 77.7 cm³/mol. The Labute approximate surface area is 132 Å². The third-order valence-electron chi connectivity index (χ3n) is 3.53. The van der Waals surface area contributed by atoms with Gasteiger partial charge in [0.15, 0.2) is 0 Å². The first kappa shape index (κ1) is 18.1. The van der Waals surface area contributed by atoms with E-state index in [2.05, 4.69) is 0 Å². The summed E-state index contributed by atoms with van der Waals surface area (Å²) in [4.78, 5) is 12.8. The topological polar surface area (TPSA) is 66.6 Å². The van der Waals surface area contributed by atoms with Crippen molar-refractivity contribution in [2.45, 2.75) is 24.7 Å². The minimum Gasteiger partial charge on any atom is -0.394 e. The molecule has 0 radical (unpaired) electrons. The van der Waals surface area contributed by atoms with Gasteiger partial charge in [-0.15, -0.1) is 12.4 Å². The molecular weight excluding hydrogens is 325 g/mol. The fourth-order valence-corrected chi connectivity index (χ4v) is 2.77. The molecule has 1 aromatic rings. The number of carbonyl (C=O) groups is 1. The maximum Gasteiger partial charge on any atom is 0.234 e. The van der Waals surface area contributed by atoms with Gasteiger partial charge in [-0.2, -0.15) is 0 Å². The summed E-state index contributed by atoms with van der Waals surface area (Å²) in [6.07, 6.45) is -1.28. The van der Waals surface area contributed by atoms with E-state index in [1.807, 2.05) is 0 Å². The van der Waals surface area contributed by atoms with Crippen molar-refractivity contribution < 1.29 is 18.7 Å². The van der Waals surface area contributed by atoms with Gasteiger partial charge in [0.05, 0.1) is 23.7 Å². The number of amides is 1. The van der Waals surface area contributed by atoms with E-state index in [1.54, 1.807) is 0 Å². The lowest BCUT2D eigenvalue weighted by molar-refractivity contribution is -0.123. The largest absolute Gasteiger partial charge is 0.394 e. The minimum absolute atomic E-state index is 0. The lowest BCUT2D eigenvalue weighted by Crippen LogP contribution is -2.43. The zero-order chi connectivity index (χ0) is 14.9. The predicted octanol–water partition coefficient (Wildman–Crippen LogP) is 1.83. The molecule has 2 rings (SSSR count). The molecule has 0 spiro atoms. The summed E-state index contributed by atoms with van der Waals surface area (Å²) in [6, 6.07) is 2.65. The van der Waals surface area contributed by atoms with Crippen molar-refractivity contribution in [3.05, 3.63) is 34.6 Å². The Kier molecular flexibility index (Phi) is 6.34. The van der Waals surface area contributed by atoms with E-state index in [4.69, 9.17) is 17.3 Å². The number of hydrogen-bond donors (Lipinski definition) is 2. The number of aliphatic hydroxyl groups is 1. The van der Waals surface area contributed by atoms with Gasteiger partial charge in [-0.1, -0.05) is 23.7 Å². The summed E-state index contributed by atoms with van der Waals surface area (Å²) in [5, 5.41) is 9.42. The molecular formula is C13H16Cl2F2N2O2. The van der Waals surface area contributed by atoms with E-state index in [-0.39, 0.29) is 36.0 Å². The van der Waals surface area contributed by atoms with Crippen molar-refractivity contribution in [1.29, 1.82) is 0 Å². The van der Waals surface area contributed by atoms with Gasteiger partial charge >= 0.3 is 0 Å². The van der Waals surface area contributed by atoms with Gasteiger partial charge in [0.25, 0.3) is 0 Å². The lowest BCUT2D eigenvalue weighted by atomic mass is 10.0. The third kappa shape index (κ3) is 3.63. The molecule has 0 aromatic heterocycles. The van der Waals surface area contributed by atoms with E-state index in [1.165, 1.54) is 23.1 Å². The van der Waals surface area contributed by atoms with Gasteiger partial charge in [0, 0.05) is 18.5 Å². The highest BCUT2D eigenvalue weighted by Gasteiger charge is 2.40. The maximum atomic E-state index is 14.0. The van der Waals surface area contributed by atoms with Gasteiger partial charge in [-0.25, -0.2) is 8.78 Å². The highest BCUT2D eigenvalue weighted by Crippen LogP contribution is 2.33. The number of hydrogen-bond acceptors (Lipinski definition) is 3. The Morgan fingerprint density at radius 3 is 2.81 bits per heavy atom. The smallest absolute Gasteiger partial charge is 0.234 e. The Balaban J connectivity index is 0.00000220. The average Bonchev–Trinajstić information content (AvgIpc) is 2.77. The molecule has 0 aliphatic carbocycles. The first-order valence-electron chi connectivity index (χ1n) is 6.19. The lowest BCUT2D eigenvalue weighted by Gasteiger charge is -2.30. The first-order valence-corrected chi connectivity index (χ1v) is 6.57. The fraction of sp³-hybridized carbons (Fsp3) is 0.462. The molecule has 0 bridgehead atoms. The van der Waals surface area contributed by atoms with Gasteiger partial charge in [0.2, 0.25) is 5.91 Å². The highest BCUT2D eigenvalue weighted by atomic mass is 35.5. The molecule has 1 saturated heterocycles. The van der Waals surface area contributed by atoms with Crippen LogP contribution in [0.5, 0.6) is 0 Å². The van der Waals surface area contributed by atoms with Crippen molar-refractivity contribution in [3.8, 4) is 0 Å². The standard InChI is InChI=1S/C13H15ClF2N2O2.ClH/c14-9-3-1-2-8(12(9)16)11(6-19)18-5-7(15)4-10(18)13(17)20;/h1-3,7,10-11,19H,4-6H2,(H2,17,20);1H/t7-,10+,11+;/m1./s1. The maximum absolute atomic E-state index is 14.0. The van der Waals surface area contributed by atoms with Crippen molar-refractivity contribution in [3.63, 3.8) is 0 Å². The van der Waals surface area contributed by atoms with Crippen molar-refractivity contribution in [2.24, 2.45) is 5.73 Å². The molecule has 1 fully saturated rings. The number of alkyl halides is 1. The average molecular weight is 341 g/mol. The van der Waals surface area contributed by atoms with Crippen molar-refractivity contribution in [2.75, 3.05) is 13.2 Å². The molecule has 118 valence electrons. The molecule has 1 aliphatic heterocycles. The van der Waals surface area contributed by atoms with E-state index in [9.17, 15) is 18.7 Å². The zero-order valence-corrected chi connectivity index (χ0v) is 12.6. The van der Waals surface area contributed by atoms with Crippen LogP contribution in [-0.4, -0.2) is 41.3 Å². The number of aliphatic hydroxyl groups excluding tert-OH is 1. The molecule has 0 unspecified atom stereocenters. The summed E-state index contributed by atoms with van der Waals surface area (Å²) in [5.41, 5.74) is 5.37. The van der Waals surface area contributed by atoms with Gasteiger partial charge in [0.1, 0.15) is 12.0 Å². The summed E-state index contributed by atoms with van der Waals surface area (Å²) in [5.74, 6) is -1.37. The number of nitrogens with two attached hydrogens (primary N) is 1. The van der Waals surface area contributed by atoms with Crippen molar-refractivity contribution >= 4 is 29.9 Å². The van der Waals surface area contributed by atoms with Gasteiger partial charge in [-0.05, 0) is 6.07 Å². The number of likely N-dealkylation sites (tertiary alicyclic amines) is 1. The van der Waals surface area contributed by atoms with Crippen LogP contribution in [0.2, 0.25) is 5.02 Å². The number of carbonyl (C=O) groups excluding carboxylic acids is 1. The van der Waals surface area contributed by atoms with E-state index < -0.39 is 36.6 Å². The Hall–Kier alpha value is -0.950. The molecule has 1 heterocycles. The number of benzene rings is 1. The normalized spacial score (nSPS) is 23.6. The van der Waals surface area contributed by atoms with Crippen LogP contribution in [-0.2, 0) is 4.79 Å². The molecule has 3 N–H and O–H groups in total. The number of nitrogens with zero attached hydrogens (tertiary/aromatic N) is 1. The molecule has 1 aliphatic rings. The molecule has 1 amide bonds. The van der Waals surface area contributed by atoms with Crippen LogP contribution in [0.25, 0.3) is 0 Å². The van der Waals surface area contributed by atoms with Crippen LogP contribution < -0.4 is 5.73 Å². The molecule has 8 heteroatoms. The second-order valence-corrected chi connectivity index (χ2v) is 5.20. The summed E-state index contributed by atoms with van der Waals surface area (Å²) < 4.78 is 27.6. The summed E-state index contributed by atoms with van der Waals surface area (Å²) in [6.45, 7) is -0.543. The SMILES string of the molecule is Cl.NC(=O)[C@@H]1C[C@@H](F)CN1[C@@H](CO)c1cccc(Cl)c1F. The quantitative estimate of drug-likeness (QED) is 0.878. The molecule has 21 heavy (non-hydrogen) atoms. The van der Waals surface area contributed by atoms with E-state index in [0.29, 0.717) is 0 Å². The Morgan fingerprint density at radius 1 is 1.57 bits per heavy atom. The molecule has 0 saturated carbocycles. The van der Waals surface area contributed by atoms with Crippen LogP contribution in [0.1, 0.15) is 18.0 Å². The fourth-order valence-electron chi connectivity index (χ4n) is 2.59. The van der Waals surface area contributed by atoms with Crippen LogP contribution >= 0.6 is 24.0 Å². The van der Waals surface area contributed by atoms with E-state index in [0.717, 1.165) is 0 Å². The van der Waals surface area contributed by atoms with Crippen LogP contribution in [0, 0.1) is 5.82 Å². The monoisotopic (exact) mass is 340 g/mol. The Morgan fingerprint density at radius 2 is 2.24 bits per heavy atom. The number of primary amides is 1. The minimum atomic E-state index is -1.23. The zero-order valence-electron chi connectivity index (χ0n) is 11.0. The molecule has 1 aromatic carbocycles. The van der Waals surface area contributed by atoms with Gasteiger partial charge in [-0.3, -0.25) is 9.69 Å². The number of halogens is 4. The molecule has 4 nitrogen and oxygen atoms in total. The molecule has 3 atom stereocenters. The van der Waals surface area contributed by atoms with Crippen LogP contribution in [0.3, 0.4) is 0 Å². The van der Waals surface area contributed by atoms with E-state index >= 15 is 0 Å². The number of rotatable bonds is 4. The second kappa shape index (κ2) is 7.35. The highest BCUT2D eigenvalue weighted by molar-refractivity contribution is 6.30. The van der Waals surface area contributed by atoms with Crippen molar-refractivity contribution in [1.82, 2.24) is 4.90 Å². The van der Waals surface area contributed by atoms with Gasteiger partial charge < -0.3 is 10.8 Å². The van der Waals surface area contributed by atoms with Crippen LogP contribution in [0.15, 0.2) is 18.2 Å². The summed E-state index contributed by atoms with van der Waals surface area (Å²) >= 11 is 5.71.